The lowest BCUT2D eigenvalue weighted by Gasteiger charge is -2.29. The first-order chi connectivity index (χ1) is 6.81. The Morgan fingerprint density at radius 1 is 1.36 bits per heavy atom. The molecule has 0 radical (unpaired) electrons. The van der Waals surface area contributed by atoms with Crippen LogP contribution in [0.15, 0.2) is 11.6 Å². The van der Waals surface area contributed by atoms with Crippen LogP contribution in [-0.2, 0) is 0 Å². The zero-order valence-electron chi connectivity index (χ0n) is 8.95. The van der Waals surface area contributed by atoms with Crippen LogP contribution >= 0.6 is 0 Å². The van der Waals surface area contributed by atoms with Crippen molar-refractivity contribution in [3.8, 4) is 0 Å². The van der Waals surface area contributed by atoms with Crippen LogP contribution in [0.4, 0.5) is 0 Å². The summed E-state index contributed by atoms with van der Waals surface area (Å²) in [5.41, 5.74) is 1.57. The molecule has 0 aromatic rings. The lowest BCUT2D eigenvalue weighted by molar-refractivity contribution is 0.184. The van der Waals surface area contributed by atoms with E-state index in [0.717, 1.165) is 36.0 Å². The van der Waals surface area contributed by atoms with E-state index in [1.807, 2.05) is 0 Å². The smallest absolute Gasteiger partial charge is 0.0436 e. The van der Waals surface area contributed by atoms with Crippen molar-refractivity contribution >= 4 is 0 Å². The molecule has 0 amide bonds. The Morgan fingerprint density at radius 2 is 2.14 bits per heavy atom. The van der Waals surface area contributed by atoms with Gasteiger partial charge in [0.05, 0.1) is 0 Å². The van der Waals surface area contributed by atoms with E-state index < -0.39 is 0 Å². The van der Waals surface area contributed by atoms with E-state index in [-0.39, 0.29) is 0 Å². The minimum absolute atomic E-state index is 0.371. The van der Waals surface area contributed by atoms with Crippen LogP contribution in [0, 0.1) is 29.6 Å². The van der Waals surface area contributed by atoms with Gasteiger partial charge in [-0.1, -0.05) is 11.6 Å². The van der Waals surface area contributed by atoms with Crippen molar-refractivity contribution in [1.29, 1.82) is 0 Å². The van der Waals surface area contributed by atoms with Gasteiger partial charge in [0.15, 0.2) is 0 Å². The second kappa shape index (κ2) is 3.10. The van der Waals surface area contributed by atoms with Crippen molar-refractivity contribution in [2.24, 2.45) is 29.6 Å². The van der Waals surface area contributed by atoms with Gasteiger partial charge in [0.2, 0.25) is 0 Å². The fourth-order valence-corrected chi connectivity index (χ4v) is 4.51. The molecule has 5 atom stereocenters. The van der Waals surface area contributed by atoms with Gasteiger partial charge in [-0.25, -0.2) is 0 Å². The first kappa shape index (κ1) is 8.96. The molecule has 0 spiro atoms. The summed E-state index contributed by atoms with van der Waals surface area (Å²) in [7, 11) is 0. The third-order valence-corrected chi connectivity index (χ3v) is 4.99. The van der Waals surface area contributed by atoms with Crippen molar-refractivity contribution < 1.29 is 5.11 Å². The molecule has 2 fully saturated rings. The van der Waals surface area contributed by atoms with Gasteiger partial charge >= 0.3 is 0 Å². The van der Waals surface area contributed by atoms with E-state index in [0.29, 0.717) is 6.61 Å². The van der Waals surface area contributed by atoms with Crippen LogP contribution in [-0.4, -0.2) is 11.7 Å². The van der Waals surface area contributed by atoms with Gasteiger partial charge in [0.1, 0.15) is 0 Å². The maximum atomic E-state index is 9.11. The Morgan fingerprint density at radius 3 is 2.93 bits per heavy atom. The Balaban J connectivity index is 1.85. The molecule has 5 unspecified atom stereocenters. The van der Waals surface area contributed by atoms with Crippen LogP contribution in [0.5, 0.6) is 0 Å². The zero-order chi connectivity index (χ0) is 9.71. The molecule has 1 nitrogen and oxygen atoms in total. The fourth-order valence-electron chi connectivity index (χ4n) is 4.51. The fraction of sp³-hybridized carbons (Fsp3) is 0.846. The Hall–Kier alpha value is -0.300. The number of rotatable bonds is 2. The first-order valence-corrected chi connectivity index (χ1v) is 6.10. The molecule has 78 valence electrons. The Labute approximate surface area is 86.2 Å². The maximum Gasteiger partial charge on any atom is 0.0436 e. The molecule has 3 aliphatic rings. The van der Waals surface area contributed by atoms with Gasteiger partial charge in [0.25, 0.3) is 0 Å². The van der Waals surface area contributed by atoms with E-state index in [2.05, 4.69) is 13.0 Å². The third kappa shape index (κ3) is 1.05. The van der Waals surface area contributed by atoms with Gasteiger partial charge in [-0.15, -0.1) is 0 Å². The van der Waals surface area contributed by atoms with Gasteiger partial charge < -0.3 is 5.11 Å². The summed E-state index contributed by atoms with van der Waals surface area (Å²) < 4.78 is 0. The minimum atomic E-state index is 0.371. The van der Waals surface area contributed by atoms with Crippen LogP contribution in [0.25, 0.3) is 0 Å². The number of fused-ring (bicyclic) bond motifs is 5. The van der Waals surface area contributed by atoms with Crippen molar-refractivity contribution in [2.75, 3.05) is 6.61 Å². The van der Waals surface area contributed by atoms with E-state index in [1.165, 1.54) is 19.3 Å². The highest BCUT2D eigenvalue weighted by molar-refractivity contribution is 5.22. The van der Waals surface area contributed by atoms with E-state index in [9.17, 15) is 0 Å². The SMILES string of the molecule is CC1=CC2C3CCC(C3)C2C1CCO. The highest BCUT2D eigenvalue weighted by Crippen LogP contribution is 2.60. The Bertz CT molecular complexity index is 268. The van der Waals surface area contributed by atoms with Crippen molar-refractivity contribution in [3.05, 3.63) is 11.6 Å². The largest absolute Gasteiger partial charge is 0.396 e. The van der Waals surface area contributed by atoms with Crippen LogP contribution in [0.2, 0.25) is 0 Å². The molecular weight excluding hydrogens is 172 g/mol. The summed E-state index contributed by atoms with van der Waals surface area (Å²) in [4.78, 5) is 0. The summed E-state index contributed by atoms with van der Waals surface area (Å²) >= 11 is 0. The number of allylic oxidation sites excluding steroid dienone is 2. The highest BCUT2D eigenvalue weighted by Gasteiger charge is 2.52. The number of aliphatic hydroxyl groups is 1. The second-order valence-electron chi connectivity index (χ2n) is 5.52. The summed E-state index contributed by atoms with van der Waals surface area (Å²) in [5, 5.41) is 9.11. The van der Waals surface area contributed by atoms with Gasteiger partial charge in [-0.3, -0.25) is 0 Å². The minimum Gasteiger partial charge on any atom is -0.396 e. The predicted molar refractivity (Wildman–Crippen MR) is 56.8 cm³/mol. The molecule has 0 aliphatic heterocycles. The molecule has 1 heteroatoms. The molecule has 0 aromatic carbocycles. The van der Waals surface area contributed by atoms with Crippen LogP contribution in [0.1, 0.15) is 32.6 Å². The zero-order valence-corrected chi connectivity index (χ0v) is 8.95. The molecule has 3 aliphatic carbocycles. The standard InChI is InChI=1S/C13H20O/c1-8-6-12-9-2-3-10(7-9)13(12)11(8)4-5-14/h6,9-14H,2-5,7H2,1H3. The van der Waals surface area contributed by atoms with Crippen molar-refractivity contribution in [2.45, 2.75) is 32.6 Å². The molecule has 1 N–H and O–H groups in total. The summed E-state index contributed by atoms with van der Waals surface area (Å²) in [6.07, 6.45) is 7.97. The number of aliphatic hydroxyl groups excluding tert-OH is 1. The van der Waals surface area contributed by atoms with Gasteiger partial charge in [-0.2, -0.15) is 0 Å². The molecule has 0 heterocycles. The quantitative estimate of drug-likeness (QED) is 0.667. The Kier molecular flexibility index (Phi) is 1.98. The van der Waals surface area contributed by atoms with Crippen molar-refractivity contribution in [3.63, 3.8) is 0 Å². The van der Waals surface area contributed by atoms with Gasteiger partial charge in [0, 0.05) is 6.61 Å². The lowest BCUT2D eigenvalue weighted by atomic mass is 9.75. The van der Waals surface area contributed by atoms with Crippen LogP contribution < -0.4 is 0 Å². The normalized spacial score (nSPS) is 49.6. The molecule has 0 aromatic heterocycles. The average Bonchev–Trinajstić information content (AvgIpc) is 2.79. The second-order valence-corrected chi connectivity index (χ2v) is 5.52. The van der Waals surface area contributed by atoms with E-state index in [4.69, 9.17) is 5.11 Å². The number of hydrogen-bond acceptors (Lipinski definition) is 1. The molecule has 2 bridgehead atoms. The summed E-state index contributed by atoms with van der Waals surface area (Å²) in [5.74, 6) is 4.53. The third-order valence-electron chi connectivity index (χ3n) is 4.99. The molecule has 2 saturated carbocycles. The topological polar surface area (TPSA) is 20.2 Å². The summed E-state index contributed by atoms with van der Waals surface area (Å²) in [6, 6.07) is 0. The molecule has 3 rings (SSSR count). The predicted octanol–water partition coefficient (Wildman–Crippen LogP) is 2.61. The van der Waals surface area contributed by atoms with Crippen LogP contribution in [0.3, 0.4) is 0 Å². The van der Waals surface area contributed by atoms with Crippen molar-refractivity contribution in [1.82, 2.24) is 0 Å². The average molecular weight is 192 g/mol. The maximum absolute atomic E-state index is 9.11. The monoisotopic (exact) mass is 192 g/mol. The number of hydrogen-bond donors (Lipinski definition) is 1. The highest BCUT2D eigenvalue weighted by atomic mass is 16.3. The molecule has 14 heavy (non-hydrogen) atoms. The molecular formula is C13H20O. The van der Waals surface area contributed by atoms with E-state index in [1.54, 1.807) is 5.57 Å². The molecule has 0 saturated heterocycles. The first-order valence-electron chi connectivity index (χ1n) is 6.10. The van der Waals surface area contributed by atoms with Gasteiger partial charge in [-0.05, 0) is 62.2 Å². The lowest BCUT2D eigenvalue weighted by Crippen LogP contribution is -2.24. The van der Waals surface area contributed by atoms with E-state index >= 15 is 0 Å². The summed E-state index contributed by atoms with van der Waals surface area (Å²) in [6.45, 7) is 2.65.